The molecule has 0 bridgehead atoms. The molecule has 14 heavy (non-hydrogen) atoms. The first-order chi connectivity index (χ1) is 6.63. The summed E-state index contributed by atoms with van der Waals surface area (Å²) in [7, 11) is 0. The second-order valence-electron chi connectivity index (χ2n) is 3.32. The number of hydrogen-bond acceptors (Lipinski definition) is 3. The van der Waals surface area contributed by atoms with Crippen LogP contribution in [0.2, 0.25) is 0 Å². The monoisotopic (exact) mass is 197 g/mol. The number of rotatable bonds is 4. The predicted octanol–water partition coefficient (Wildman–Crippen LogP) is -0.1000. The van der Waals surface area contributed by atoms with Gasteiger partial charge in [-0.25, -0.2) is 0 Å². The number of aliphatic hydroxyl groups is 2. The number of hydrogen-bond donors (Lipinski definition) is 2. The molecule has 0 amide bonds. The summed E-state index contributed by atoms with van der Waals surface area (Å²) in [5.74, 6) is 0. The second-order valence-corrected chi connectivity index (χ2v) is 3.32. The average Bonchev–Trinajstić information content (AvgIpc) is 2.16. The topological polar surface area (TPSA) is 62.5 Å². The maximum atomic E-state index is 10.9. The van der Waals surface area contributed by atoms with Crippen LogP contribution in [-0.4, -0.2) is 27.5 Å². The van der Waals surface area contributed by atoms with Crippen molar-refractivity contribution in [3.63, 3.8) is 0 Å². The van der Waals surface area contributed by atoms with Crippen LogP contribution < -0.4 is 5.43 Å². The smallest absolute Gasteiger partial charge is 0.181 e. The summed E-state index contributed by atoms with van der Waals surface area (Å²) in [5.41, 5.74) is 0.851. The van der Waals surface area contributed by atoms with Crippen LogP contribution in [0.1, 0.15) is 12.1 Å². The summed E-state index contributed by atoms with van der Waals surface area (Å²) < 4.78 is 1.88. The van der Waals surface area contributed by atoms with E-state index >= 15 is 0 Å². The highest BCUT2D eigenvalue weighted by atomic mass is 16.3. The molecule has 0 aliphatic rings. The van der Waals surface area contributed by atoms with Crippen LogP contribution in [-0.2, 0) is 6.54 Å². The van der Waals surface area contributed by atoms with Gasteiger partial charge in [0.1, 0.15) is 0 Å². The van der Waals surface area contributed by atoms with Crippen molar-refractivity contribution in [3.8, 4) is 0 Å². The first-order valence-corrected chi connectivity index (χ1v) is 4.59. The molecule has 1 aromatic rings. The van der Waals surface area contributed by atoms with Crippen LogP contribution in [0, 0.1) is 6.92 Å². The van der Waals surface area contributed by atoms with Gasteiger partial charge in [-0.15, -0.1) is 0 Å². The molecule has 1 heterocycles. The molecule has 0 radical (unpaired) electrons. The van der Waals surface area contributed by atoms with Crippen molar-refractivity contribution >= 4 is 0 Å². The summed E-state index contributed by atoms with van der Waals surface area (Å²) in [5, 5.41) is 17.8. The van der Waals surface area contributed by atoms with E-state index in [0.717, 1.165) is 5.69 Å². The molecule has 1 unspecified atom stereocenters. The normalized spacial score (nSPS) is 12.8. The largest absolute Gasteiger partial charge is 0.394 e. The zero-order chi connectivity index (χ0) is 10.6. The van der Waals surface area contributed by atoms with Crippen molar-refractivity contribution in [3.05, 3.63) is 34.2 Å². The molecule has 0 aliphatic heterocycles. The van der Waals surface area contributed by atoms with E-state index in [1.54, 1.807) is 12.3 Å². The number of aryl methyl sites for hydroxylation is 2. The highest BCUT2D eigenvalue weighted by Gasteiger charge is 2.02. The zero-order valence-corrected chi connectivity index (χ0v) is 8.18. The van der Waals surface area contributed by atoms with Gasteiger partial charge in [0, 0.05) is 30.6 Å². The Labute approximate surface area is 82.4 Å². The molecule has 78 valence electrons. The number of nitrogens with zero attached hydrogens (tertiary/aromatic N) is 1. The minimum absolute atomic E-state index is 0.0125. The van der Waals surface area contributed by atoms with Crippen molar-refractivity contribution < 1.29 is 10.2 Å². The molecule has 4 heteroatoms. The lowest BCUT2D eigenvalue weighted by atomic mass is 10.2. The van der Waals surface area contributed by atoms with Gasteiger partial charge in [0.25, 0.3) is 0 Å². The molecule has 4 nitrogen and oxygen atoms in total. The van der Waals surface area contributed by atoms with Crippen LogP contribution >= 0.6 is 0 Å². The van der Waals surface area contributed by atoms with Gasteiger partial charge in [0.15, 0.2) is 5.43 Å². The molecule has 0 saturated carbocycles. The lowest BCUT2D eigenvalue weighted by Gasteiger charge is -2.11. The van der Waals surface area contributed by atoms with Crippen molar-refractivity contribution in [2.45, 2.75) is 26.0 Å². The SMILES string of the molecule is Cc1cc(=O)ccn1CCC(O)CO. The van der Waals surface area contributed by atoms with Crippen molar-refractivity contribution in [1.82, 2.24) is 4.57 Å². The molecule has 0 fully saturated rings. The van der Waals surface area contributed by atoms with Crippen molar-refractivity contribution in [2.75, 3.05) is 6.61 Å². The molecule has 0 aliphatic carbocycles. The van der Waals surface area contributed by atoms with E-state index in [4.69, 9.17) is 10.2 Å². The lowest BCUT2D eigenvalue weighted by molar-refractivity contribution is 0.0845. The summed E-state index contributed by atoms with van der Waals surface area (Å²) >= 11 is 0. The summed E-state index contributed by atoms with van der Waals surface area (Å²) in [6.07, 6.45) is 1.50. The Morgan fingerprint density at radius 3 is 2.86 bits per heavy atom. The Bertz CT molecular complexity index is 345. The number of pyridine rings is 1. The van der Waals surface area contributed by atoms with Crippen molar-refractivity contribution in [2.24, 2.45) is 0 Å². The fourth-order valence-electron chi connectivity index (χ4n) is 1.25. The van der Waals surface area contributed by atoms with E-state index in [0.29, 0.717) is 13.0 Å². The molecule has 1 atom stereocenters. The average molecular weight is 197 g/mol. The molecule has 2 N–H and O–H groups in total. The molecular weight excluding hydrogens is 182 g/mol. The van der Waals surface area contributed by atoms with E-state index in [-0.39, 0.29) is 12.0 Å². The standard InChI is InChI=1S/C10H15NO3/c1-8-6-9(13)2-4-11(8)5-3-10(14)7-12/h2,4,6,10,12,14H,3,5,7H2,1H3. The maximum Gasteiger partial charge on any atom is 0.181 e. The van der Waals surface area contributed by atoms with Gasteiger partial charge in [-0.3, -0.25) is 4.79 Å². The molecule has 1 rings (SSSR count). The Kier molecular flexibility index (Phi) is 3.85. The highest BCUT2D eigenvalue weighted by Crippen LogP contribution is 1.99. The van der Waals surface area contributed by atoms with Gasteiger partial charge in [-0.05, 0) is 13.3 Å². The minimum Gasteiger partial charge on any atom is -0.394 e. The van der Waals surface area contributed by atoms with Gasteiger partial charge >= 0.3 is 0 Å². The minimum atomic E-state index is -0.686. The van der Waals surface area contributed by atoms with E-state index in [1.807, 2.05) is 11.5 Å². The van der Waals surface area contributed by atoms with Crippen molar-refractivity contribution in [1.29, 1.82) is 0 Å². The van der Waals surface area contributed by atoms with E-state index in [9.17, 15) is 4.79 Å². The van der Waals surface area contributed by atoms with E-state index in [2.05, 4.69) is 0 Å². The van der Waals surface area contributed by atoms with E-state index in [1.165, 1.54) is 6.07 Å². The fourth-order valence-corrected chi connectivity index (χ4v) is 1.25. The molecule has 1 aromatic heterocycles. The summed E-state index contributed by atoms with van der Waals surface area (Å²) in [6, 6.07) is 3.03. The summed E-state index contributed by atoms with van der Waals surface area (Å²) in [4.78, 5) is 10.9. The van der Waals surface area contributed by atoms with Gasteiger partial charge < -0.3 is 14.8 Å². The fraction of sp³-hybridized carbons (Fsp3) is 0.500. The van der Waals surface area contributed by atoms with Crippen LogP contribution in [0.15, 0.2) is 23.1 Å². The van der Waals surface area contributed by atoms with Gasteiger partial charge in [-0.2, -0.15) is 0 Å². The Morgan fingerprint density at radius 1 is 1.57 bits per heavy atom. The predicted molar refractivity (Wildman–Crippen MR) is 53.1 cm³/mol. The Hall–Kier alpha value is -1.13. The second kappa shape index (κ2) is 4.93. The quantitative estimate of drug-likeness (QED) is 0.708. The zero-order valence-electron chi connectivity index (χ0n) is 8.18. The van der Waals surface area contributed by atoms with Crippen LogP contribution in [0.3, 0.4) is 0 Å². The highest BCUT2D eigenvalue weighted by molar-refractivity contribution is 5.04. The van der Waals surface area contributed by atoms with E-state index < -0.39 is 6.10 Å². The first-order valence-electron chi connectivity index (χ1n) is 4.59. The van der Waals surface area contributed by atoms with Gasteiger partial charge in [-0.1, -0.05) is 0 Å². The molecule has 0 saturated heterocycles. The maximum absolute atomic E-state index is 10.9. The van der Waals surface area contributed by atoms with Crippen LogP contribution in [0.25, 0.3) is 0 Å². The van der Waals surface area contributed by atoms with Gasteiger partial charge in [0.05, 0.1) is 12.7 Å². The molecule has 0 spiro atoms. The third-order valence-electron chi connectivity index (χ3n) is 2.14. The van der Waals surface area contributed by atoms with Gasteiger partial charge in [0.2, 0.25) is 0 Å². The summed E-state index contributed by atoms with van der Waals surface area (Å²) in [6.45, 7) is 2.22. The third kappa shape index (κ3) is 2.97. The first kappa shape index (κ1) is 10.9. The van der Waals surface area contributed by atoms with Crippen LogP contribution in [0.5, 0.6) is 0 Å². The Morgan fingerprint density at radius 2 is 2.29 bits per heavy atom. The third-order valence-corrected chi connectivity index (χ3v) is 2.14. The number of aromatic nitrogens is 1. The number of aliphatic hydroxyl groups excluding tert-OH is 2. The Balaban J connectivity index is 2.63. The molecule has 0 aromatic carbocycles. The molecular formula is C10H15NO3. The lowest BCUT2D eigenvalue weighted by Crippen LogP contribution is -2.17. The van der Waals surface area contributed by atoms with Crippen LogP contribution in [0.4, 0.5) is 0 Å².